The minimum atomic E-state index is 0.201. The van der Waals surface area contributed by atoms with E-state index in [0.717, 1.165) is 45.6 Å². The van der Waals surface area contributed by atoms with E-state index in [4.69, 9.17) is 4.74 Å². The molecule has 0 saturated carbocycles. The van der Waals surface area contributed by atoms with Gasteiger partial charge in [-0.1, -0.05) is 0 Å². The summed E-state index contributed by atoms with van der Waals surface area (Å²) in [5, 5.41) is 3.26. The SMILES string of the molecule is CC1CC(C(=O)N2CCNCC2)CCO1. The van der Waals surface area contributed by atoms with Crippen LogP contribution in [0.15, 0.2) is 0 Å². The fourth-order valence-electron chi connectivity index (χ4n) is 2.37. The molecule has 0 bridgehead atoms. The third kappa shape index (κ3) is 2.69. The second kappa shape index (κ2) is 4.94. The quantitative estimate of drug-likeness (QED) is 0.676. The normalized spacial score (nSPS) is 32.7. The maximum Gasteiger partial charge on any atom is 0.225 e. The molecule has 0 aliphatic carbocycles. The zero-order valence-corrected chi connectivity index (χ0v) is 9.37. The van der Waals surface area contributed by atoms with E-state index in [-0.39, 0.29) is 12.0 Å². The number of ether oxygens (including phenoxy) is 1. The van der Waals surface area contributed by atoms with Crippen LogP contribution >= 0.6 is 0 Å². The summed E-state index contributed by atoms with van der Waals surface area (Å²) in [5.41, 5.74) is 0. The minimum Gasteiger partial charge on any atom is -0.378 e. The molecular formula is C11H20N2O2. The average molecular weight is 212 g/mol. The van der Waals surface area contributed by atoms with Gasteiger partial charge in [0.15, 0.2) is 0 Å². The van der Waals surface area contributed by atoms with Crippen molar-refractivity contribution < 1.29 is 9.53 Å². The van der Waals surface area contributed by atoms with Gasteiger partial charge in [-0.2, -0.15) is 0 Å². The third-order valence-corrected chi connectivity index (χ3v) is 3.26. The number of hydrogen-bond donors (Lipinski definition) is 1. The summed E-state index contributed by atoms with van der Waals surface area (Å²) in [6.45, 7) is 6.39. The van der Waals surface area contributed by atoms with Gasteiger partial charge >= 0.3 is 0 Å². The second-order valence-electron chi connectivity index (χ2n) is 4.48. The van der Waals surface area contributed by atoms with Gasteiger partial charge in [-0.3, -0.25) is 4.79 Å². The van der Waals surface area contributed by atoms with E-state index in [2.05, 4.69) is 12.2 Å². The van der Waals surface area contributed by atoms with Crippen molar-refractivity contribution in [2.45, 2.75) is 25.9 Å². The summed E-state index contributed by atoms with van der Waals surface area (Å²) in [6, 6.07) is 0. The van der Waals surface area contributed by atoms with Crippen molar-refractivity contribution in [2.24, 2.45) is 5.92 Å². The van der Waals surface area contributed by atoms with Gasteiger partial charge in [-0.15, -0.1) is 0 Å². The average Bonchev–Trinajstić information content (AvgIpc) is 2.29. The van der Waals surface area contributed by atoms with Crippen molar-refractivity contribution >= 4 is 5.91 Å². The molecule has 0 aromatic rings. The molecule has 2 atom stereocenters. The van der Waals surface area contributed by atoms with Crippen LogP contribution in [0.5, 0.6) is 0 Å². The van der Waals surface area contributed by atoms with E-state index in [1.54, 1.807) is 0 Å². The first-order chi connectivity index (χ1) is 7.27. The molecular weight excluding hydrogens is 192 g/mol. The molecule has 1 N–H and O–H groups in total. The van der Waals surface area contributed by atoms with E-state index in [1.165, 1.54) is 0 Å². The molecule has 2 fully saturated rings. The summed E-state index contributed by atoms with van der Waals surface area (Å²) >= 11 is 0. The Kier molecular flexibility index (Phi) is 3.59. The molecule has 4 nitrogen and oxygen atoms in total. The molecule has 2 heterocycles. The molecule has 2 unspecified atom stereocenters. The second-order valence-corrected chi connectivity index (χ2v) is 4.48. The summed E-state index contributed by atoms with van der Waals surface area (Å²) < 4.78 is 5.46. The molecule has 0 spiro atoms. The summed E-state index contributed by atoms with van der Waals surface area (Å²) in [5.74, 6) is 0.540. The molecule has 86 valence electrons. The Labute approximate surface area is 91.0 Å². The number of nitrogens with one attached hydrogen (secondary N) is 1. The van der Waals surface area contributed by atoms with E-state index in [1.807, 2.05) is 4.90 Å². The van der Waals surface area contributed by atoms with Crippen LogP contribution in [0.3, 0.4) is 0 Å². The maximum absolute atomic E-state index is 12.1. The predicted octanol–water partition coefficient (Wildman–Crippen LogP) is 0.233. The van der Waals surface area contributed by atoms with E-state index < -0.39 is 0 Å². The molecule has 15 heavy (non-hydrogen) atoms. The molecule has 2 saturated heterocycles. The van der Waals surface area contributed by atoms with E-state index in [9.17, 15) is 4.79 Å². The van der Waals surface area contributed by atoms with Crippen molar-refractivity contribution in [3.8, 4) is 0 Å². The predicted molar refractivity (Wildman–Crippen MR) is 57.6 cm³/mol. The van der Waals surface area contributed by atoms with Crippen LogP contribution in [0.25, 0.3) is 0 Å². The highest BCUT2D eigenvalue weighted by Gasteiger charge is 2.29. The van der Waals surface area contributed by atoms with Crippen LogP contribution in [-0.2, 0) is 9.53 Å². The van der Waals surface area contributed by atoms with Crippen molar-refractivity contribution in [2.75, 3.05) is 32.8 Å². The lowest BCUT2D eigenvalue weighted by molar-refractivity contribution is -0.140. The summed E-state index contributed by atoms with van der Waals surface area (Å²) in [6.07, 6.45) is 2.03. The number of piperazine rings is 1. The number of rotatable bonds is 1. The Hall–Kier alpha value is -0.610. The molecule has 2 rings (SSSR count). The number of hydrogen-bond acceptors (Lipinski definition) is 3. The summed E-state index contributed by atoms with van der Waals surface area (Å²) in [7, 11) is 0. The van der Waals surface area contributed by atoms with Gasteiger partial charge in [-0.05, 0) is 19.8 Å². The number of carbonyl (C=O) groups is 1. The number of nitrogens with zero attached hydrogens (tertiary/aromatic N) is 1. The molecule has 0 aromatic heterocycles. The molecule has 2 aliphatic rings. The Bertz CT molecular complexity index is 227. The standard InChI is InChI=1S/C11H20N2O2/c1-9-8-10(2-7-15-9)11(14)13-5-3-12-4-6-13/h9-10,12H,2-8H2,1H3. The monoisotopic (exact) mass is 212 g/mol. The lowest BCUT2D eigenvalue weighted by Crippen LogP contribution is -2.49. The molecule has 1 amide bonds. The maximum atomic E-state index is 12.1. The fraction of sp³-hybridized carbons (Fsp3) is 0.909. The van der Waals surface area contributed by atoms with E-state index >= 15 is 0 Å². The van der Waals surface area contributed by atoms with Crippen molar-refractivity contribution in [1.29, 1.82) is 0 Å². The highest BCUT2D eigenvalue weighted by molar-refractivity contribution is 5.79. The smallest absolute Gasteiger partial charge is 0.225 e. The lowest BCUT2D eigenvalue weighted by atomic mass is 9.94. The van der Waals surface area contributed by atoms with Gasteiger partial charge in [0.2, 0.25) is 5.91 Å². The van der Waals surface area contributed by atoms with E-state index in [0.29, 0.717) is 5.91 Å². The fourth-order valence-corrected chi connectivity index (χ4v) is 2.37. The first-order valence-electron chi connectivity index (χ1n) is 5.88. The van der Waals surface area contributed by atoms with Crippen molar-refractivity contribution in [3.63, 3.8) is 0 Å². The first kappa shape index (κ1) is 10.9. The van der Waals surface area contributed by atoms with Crippen LogP contribution in [0.2, 0.25) is 0 Å². The number of carbonyl (C=O) groups excluding carboxylic acids is 1. The summed E-state index contributed by atoms with van der Waals surface area (Å²) in [4.78, 5) is 14.1. The van der Waals surface area contributed by atoms with Gasteiger partial charge in [0.1, 0.15) is 0 Å². The topological polar surface area (TPSA) is 41.6 Å². The Morgan fingerprint density at radius 1 is 1.40 bits per heavy atom. The molecule has 2 aliphatic heterocycles. The zero-order valence-electron chi connectivity index (χ0n) is 9.37. The Morgan fingerprint density at radius 3 is 2.80 bits per heavy atom. The van der Waals surface area contributed by atoms with Gasteiger partial charge < -0.3 is 15.0 Å². The largest absolute Gasteiger partial charge is 0.378 e. The molecule has 4 heteroatoms. The zero-order chi connectivity index (χ0) is 10.7. The van der Waals surface area contributed by atoms with Gasteiger partial charge in [0, 0.05) is 38.7 Å². The van der Waals surface area contributed by atoms with Crippen LogP contribution in [0.4, 0.5) is 0 Å². The number of amides is 1. The van der Waals surface area contributed by atoms with Crippen LogP contribution in [0.1, 0.15) is 19.8 Å². The minimum absolute atomic E-state index is 0.201. The molecule has 0 aromatic carbocycles. The first-order valence-corrected chi connectivity index (χ1v) is 5.88. The highest BCUT2D eigenvalue weighted by atomic mass is 16.5. The van der Waals surface area contributed by atoms with Gasteiger partial charge in [0.25, 0.3) is 0 Å². The molecule has 0 radical (unpaired) electrons. The van der Waals surface area contributed by atoms with Gasteiger partial charge in [-0.25, -0.2) is 0 Å². The third-order valence-electron chi connectivity index (χ3n) is 3.26. The lowest BCUT2D eigenvalue weighted by Gasteiger charge is -2.33. The Balaban J connectivity index is 1.88. The highest BCUT2D eigenvalue weighted by Crippen LogP contribution is 2.22. The van der Waals surface area contributed by atoms with Crippen molar-refractivity contribution in [3.05, 3.63) is 0 Å². The Morgan fingerprint density at radius 2 is 2.13 bits per heavy atom. The van der Waals surface area contributed by atoms with Crippen molar-refractivity contribution in [1.82, 2.24) is 10.2 Å². The van der Waals surface area contributed by atoms with Crippen LogP contribution in [-0.4, -0.2) is 49.7 Å². The van der Waals surface area contributed by atoms with Gasteiger partial charge in [0.05, 0.1) is 6.10 Å². The van der Waals surface area contributed by atoms with Crippen LogP contribution < -0.4 is 5.32 Å². The van der Waals surface area contributed by atoms with Crippen LogP contribution in [0, 0.1) is 5.92 Å².